The molecule has 1 atom stereocenters. The number of hydrogen-bond donors (Lipinski definition) is 1. The summed E-state index contributed by atoms with van der Waals surface area (Å²) in [5, 5.41) is 3.73. The lowest BCUT2D eigenvalue weighted by atomic mass is 9.95. The average Bonchev–Trinajstić information content (AvgIpc) is 2.76. The molecule has 1 aliphatic carbocycles. The van der Waals surface area contributed by atoms with Crippen molar-refractivity contribution in [1.82, 2.24) is 15.1 Å². The zero-order valence-electron chi connectivity index (χ0n) is 12.3. The van der Waals surface area contributed by atoms with Crippen LogP contribution in [0.3, 0.4) is 0 Å². The first-order valence-corrected chi connectivity index (χ1v) is 7.88. The molecular weight excluding hydrogens is 222 g/mol. The molecule has 3 heteroatoms. The molecule has 2 rings (SSSR count). The number of nitrogens with one attached hydrogen (secondary N) is 1. The highest BCUT2D eigenvalue weighted by Crippen LogP contribution is 2.17. The summed E-state index contributed by atoms with van der Waals surface area (Å²) >= 11 is 0. The third kappa shape index (κ3) is 4.52. The Morgan fingerprint density at radius 3 is 2.56 bits per heavy atom. The third-order valence-electron chi connectivity index (χ3n) is 4.73. The van der Waals surface area contributed by atoms with Crippen LogP contribution in [-0.2, 0) is 0 Å². The lowest BCUT2D eigenvalue weighted by molar-refractivity contribution is 0.217. The number of rotatable bonds is 6. The molecule has 0 bridgehead atoms. The lowest BCUT2D eigenvalue weighted by Gasteiger charge is -2.27. The van der Waals surface area contributed by atoms with Crippen molar-refractivity contribution in [1.29, 1.82) is 0 Å². The topological polar surface area (TPSA) is 18.5 Å². The molecule has 0 aromatic carbocycles. The van der Waals surface area contributed by atoms with Gasteiger partial charge >= 0.3 is 0 Å². The van der Waals surface area contributed by atoms with E-state index in [-0.39, 0.29) is 0 Å². The highest BCUT2D eigenvalue weighted by atomic mass is 15.2. The number of nitrogens with zero attached hydrogens (tertiary/aromatic N) is 2. The Bertz CT molecular complexity index is 226. The minimum atomic E-state index is 0.796. The van der Waals surface area contributed by atoms with Gasteiger partial charge in [-0.1, -0.05) is 19.3 Å². The number of likely N-dealkylation sites (N-methyl/N-ethyl adjacent to an activating group) is 2. The molecule has 1 unspecified atom stereocenters. The minimum absolute atomic E-state index is 0.796. The van der Waals surface area contributed by atoms with Gasteiger partial charge < -0.3 is 15.1 Å². The van der Waals surface area contributed by atoms with E-state index in [1.165, 1.54) is 64.6 Å². The Morgan fingerprint density at radius 1 is 1.11 bits per heavy atom. The predicted octanol–water partition coefficient (Wildman–Crippen LogP) is 1.93. The van der Waals surface area contributed by atoms with Gasteiger partial charge in [0.2, 0.25) is 0 Å². The fraction of sp³-hybridized carbons (Fsp3) is 1.00. The van der Waals surface area contributed by atoms with Crippen LogP contribution in [0.1, 0.15) is 44.9 Å². The first-order valence-electron chi connectivity index (χ1n) is 7.88. The molecule has 1 saturated carbocycles. The highest BCUT2D eigenvalue weighted by Gasteiger charge is 2.21. The fourth-order valence-electron chi connectivity index (χ4n) is 3.43. The second kappa shape index (κ2) is 7.46. The van der Waals surface area contributed by atoms with E-state index in [0.29, 0.717) is 0 Å². The third-order valence-corrected chi connectivity index (χ3v) is 4.73. The zero-order chi connectivity index (χ0) is 12.8. The Hall–Kier alpha value is -0.120. The van der Waals surface area contributed by atoms with Crippen LogP contribution < -0.4 is 5.32 Å². The van der Waals surface area contributed by atoms with Gasteiger partial charge in [-0.2, -0.15) is 0 Å². The molecule has 1 saturated heterocycles. The van der Waals surface area contributed by atoms with Crippen molar-refractivity contribution in [3.05, 3.63) is 0 Å². The second-order valence-electron chi connectivity index (χ2n) is 6.33. The molecule has 0 amide bonds. The molecule has 0 spiro atoms. The van der Waals surface area contributed by atoms with Gasteiger partial charge in [0.05, 0.1) is 0 Å². The van der Waals surface area contributed by atoms with Crippen LogP contribution in [0.15, 0.2) is 0 Å². The van der Waals surface area contributed by atoms with Crippen molar-refractivity contribution in [2.45, 2.75) is 57.0 Å². The molecule has 2 fully saturated rings. The SMILES string of the molecule is CN(CCNC1CCCCC1)CC1CCCN1C. The van der Waals surface area contributed by atoms with E-state index in [9.17, 15) is 0 Å². The van der Waals surface area contributed by atoms with Crippen molar-refractivity contribution in [3.8, 4) is 0 Å². The molecule has 0 radical (unpaired) electrons. The van der Waals surface area contributed by atoms with E-state index in [2.05, 4.69) is 29.2 Å². The zero-order valence-corrected chi connectivity index (χ0v) is 12.3. The fourth-order valence-corrected chi connectivity index (χ4v) is 3.43. The largest absolute Gasteiger partial charge is 0.313 e. The van der Waals surface area contributed by atoms with Crippen molar-refractivity contribution in [3.63, 3.8) is 0 Å². The Kier molecular flexibility index (Phi) is 5.93. The van der Waals surface area contributed by atoms with Crippen LogP contribution in [0.4, 0.5) is 0 Å². The van der Waals surface area contributed by atoms with E-state index < -0.39 is 0 Å². The minimum Gasteiger partial charge on any atom is -0.313 e. The van der Waals surface area contributed by atoms with E-state index in [1.807, 2.05) is 0 Å². The second-order valence-corrected chi connectivity index (χ2v) is 6.33. The summed E-state index contributed by atoms with van der Waals surface area (Å²) in [5.74, 6) is 0. The smallest absolute Gasteiger partial charge is 0.0220 e. The maximum absolute atomic E-state index is 3.73. The van der Waals surface area contributed by atoms with Gasteiger partial charge in [-0.25, -0.2) is 0 Å². The van der Waals surface area contributed by atoms with Gasteiger partial charge in [0.25, 0.3) is 0 Å². The van der Waals surface area contributed by atoms with Gasteiger partial charge in [0, 0.05) is 31.7 Å². The normalized spacial score (nSPS) is 27.2. The molecular formula is C15H31N3. The van der Waals surface area contributed by atoms with Crippen LogP contribution in [0.25, 0.3) is 0 Å². The van der Waals surface area contributed by atoms with Gasteiger partial charge in [-0.3, -0.25) is 0 Å². The number of likely N-dealkylation sites (tertiary alicyclic amines) is 1. The summed E-state index contributed by atoms with van der Waals surface area (Å²) in [6, 6.07) is 1.60. The van der Waals surface area contributed by atoms with E-state index in [1.54, 1.807) is 0 Å². The molecule has 1 aliphatic heterocycles. The van der Waals surface area contributed by atoms with Gasteiger partial charge in [-0.05, 0) is 46.3 Å². The molecule has 3 nitrogen and oxygen atoms in total. The van der Waals surface area contributed by atoms with Crippen molar-refractivity contribution >= 4 is 0 Å². The first kappa shape index (κ1) is 14.3. The predicted molar refractivity (Wildman–Crippen MR) is 78.0 cm³/mol. The standard InChI is InChI=1S/C15H31N3/c1-17(13-15-9-6-11-18(15)2)12-10-16-14-7-4-3-5-8-14/h14-16H,3-13H2,1-2H3. The summed E-state index contributed by atoms with van der Waals surface area (Å²) in [6.45, 7) is 4.89. The Morgan fingerprint density at radius 2 is 1.89 bits per heavy atom. The summed E-state index contributed by atoms with van der Waals surface area (Å²) in [4.78, 5) is 5.02. The molecule has 18 heavy (non-hydrogen) atoms. The van der Waals surface area contributed by atoms with Crippen LogP contribution >= 0.6 is 0 Å². The van der Waals surface area contributed by atoms with Gasteiger partial charge in [0.1, 0.15) is 0 Å². The summed E-state index contributed by atoms with van der Waals surface area (Å²) in [6.07, 6.45) is 9.88. The maximum atomic E-state index is 3.73. The van der Waals surface area contributed by atoms with Gasteiger partial charge in [-0.15, -0.1) is 0 Å². The highest BCUT2D eigenvalue weighted by molar-refractivity contribution is 4.79. The number of hydrogen-bond acceptors (Lipinski definition) is 3. The van der Waals surface area contributed by atoms with Crippen LogP contribution in [0.5, 0.6) is 0 Å². The summed E-state index contributed by atoms with van der Waals surface area (Å²) < 4.78 is 0. The van der Waals surface area contributed by atoms with E-state index >= 15 is 0 Å². The van der Waals surface area contributed by atoms with Crippen molar-refractivity contribution in [2.24, 2.45) is 0 Å². The first-order chi connectivity index (χ1) is 8.75. The van der Waals surface area contributed by atoms with Crippen molar-refractivity contribution in [2.75, 3.05) is 40.3 Å². The molecule has 0 aromatic heterocycles. The lowest BCUT2D eigenvalue weighted by Crippen LogP contribution is -2.41. The molecule has 1 heterocycles. The van der Waals surface area contributed by atoms with Crippen LogP contribution in [-0.4, -0.2) is 62.2 Å². The van der Waals surface area contributed by atoms with E-state index in [0.717, 1.165) is 18.6 Å². The molecule has 1 N–H and O–H groups in total. The summed E-state index contributed by atoms with van der Waals surface area (Å²) in [7, 11) is 4.54. The molecule has 0 aromatic rings. The van der Waals surface area contributed by atoms with Crippen molar-refractivity contribution < 1.29 is 0 Å². The van der Waals surface area contributed by atoms with Gasteiger partial charge in [0.15, 0.2) is 0 Å². The monoisotopic (exact) mass is 253 g/mol. The average molecular weight is 253 g/mol. The summed E-state index contributed by atoms with van der Waals surface area (Å²) in [5.41, 5.74) is 0. The Balaban J connectivity index is 1.55. The Labute approximate surface area is 113 Å². The molecule has 2 aliphatic rings. The van der Waals surface area contributed by atoms with E-state index in [4.69, 9.17) is 0 Å². The van der Waals surface area contributed by atoms with Crippen LogP contribution in [0, 0.1) is 0 Å². The maximum Gasteiger partial charge on any atom is 0.0220 e. The quantitative estimate of drug-likeness (QED) is 0.780. The molecule has 106 valence electrons. The van der Waals surface area contributed by atoms with Crippen LogP contribution in [0.2, 0.25) is 0 Å².